The number of fused-ring (bicyclic) bond motifs is 1. The quantitative estimate of drug-likeness (QED) is 0.545. The van der Waals surface area contributed by atoms with E-state index >= 15 is 0 Å². The zero-order valence-corrected chi connectivity index (χ0v) is 15.9. The van der Waals surface area contributed by atoms with Crippen LogP contribution < -0.4 is 5.32 Å². The predicted octanol–water partition coefficient (Wildman–Crippen LogP) is 6.42. The van der Waals surface area contributed by atoms with Gasteiger partial charge in [0.2, 0.25) is 0 Å². The number of hydrogen-bond donors (Lipinski definition) is 1. The molecule has 0 atom stereocenters. The molecular formula is C24H20F3NO. The first kappa shape index (κ1) is 19.2. The van der Waals surface area contributed by atoms with Gasteiger partial charge in [0.1, 0.15) is 0 Å². The van der Waals surface area contributed by atoms with E-state index in [4.69, 9.17) is 0 Å². The molecule has 5 heteroatoms. The molecule has 1 aliphatic rings. The van der Waals surface area contributed by atoms with Crippen molar-refractivity contribution in [3.63, 3.8) is 0 Å². The number of amides is 1. The van der Waals surface area contributed by atoms with Crippen molar-refractivity contribution in [3.05, 3.63) is 88.5 Å². The van der Waals surface area contributed by atoms with Crippen LogP contribution in [0.15, 0.2) is 60.7 Å². The van der Waals surface area contributed by atoms with Crippen LogP contribution in [-0.4, -0.2) is 5.91 Å². The maximum Gasteiger partial charge on any atom is 0.416 e. The molecule has 0 bridgehead atoms. The van der Waals surface area contributed by atoms with Crippen LogP contribution in [0.5, 0.6) is 0 Å². The molecule has 2 nitrogen and oxygen atoms in total. The summed E-state index contributed by atoms with van der Waals surface area (Å²) in [5, 5.41) is 2.94. The molecule has 0 fully saturated rings. The van der Waals surface area contributed by atoms with Crippen molar-refractivity contribution >= 4 is 11.6 Å². The van der Waals surface area contributed by atoms with Crippen LogP contribution in [0, 0.1) is 6.92 Å². The van der Waals surface area contributed by atoms with Crippen LogP contribution >= 0.6 is 0 Å². The molecule has 3 aromatic carbocycles. The molecule has 29 heavy (non-hydrogen) atoms. The van der Waals surface area contributed by atoms with Crippen molar-refractivity contribution in [3.8, 4) is 11.1 Å². The van der Waals surface area contributed by atoms with Crippen molar-refractivity contribution < 1.29 is 18.0 Å². The van der Waals surface area contributed by atoms with Gasteiger partial charge in [0.25, 0.3) is 5.91 Å². The Balaban J connectivity index is 1.65. The van der Waals surface area contributed by atoms with Gasteiger partial charge >= 0.3 is 6.18 Å². The van der Waals surface area contributed by atoms with E-state index in [0.29, 0.717) is 16.7 Å². The number of carbonyl (C=O) groups excluding carboxylic acids is 1. The SMILES string of the molecule is Cc1ccc(-c2ccc(C(F)(F)F)cc2)c(C(=O)Nc2ccc3c(c2)CCC3)c1. The summed E-state index contributed by atoms with van der Waals surface area (Å²) >= 11 is 0. The van der Waals surface area contributed by atoms with E-state index in [1.54, 1.807) is 12.1 Å². The Kier molecular flexibility index (Phi) is 4.91. The Hall–Kier alpha value is -3.08. The van der Waals surface area contributed by atoms with E-state index in [9.17, 15) is 18.0 Å². The minimum atomic E-state index is -4.39. The van der Waals surface area contributed by atoms with Crippen molar-refractivity contribution in [2.24, 2.45) is 0 Å². The van der Waals surface area contributed by atoms with E-state index < -0.39 is 11.7 Å². The number of nitrogens with one attached hydrogen (secondary N) is 1. The maximum atomic E-state index is 13.0. The monoisotopic (exact) mass is 395 g/mol. The number of anilines is 1. The van der Waals surface area contributed by atoms with E-state index in [-0.39, 0.29) is 5.91 Å². The molecule has 0 radical (unpaired) electrons. The molecule has 0 heterocycles. The number of rotatable bonds is 3. The molecule has 1 aliphatic carbocycles. The second kappa shape index (κ2) is 7.39. The van der Waals surface area contributed by atoms with Gasteiger partial charge in [0.15, 0.2) is 0 Å². The Morgan fingerprint density at radius 2 is 1.62 bits per heavy atom. The van der Waals surface area contributed by atoms with Gasteiger partial charge in [-0.25, -0.2) is 0 Å². The van der Waals surface area contributed by atoms with E-state index in [2.05, 4.69) is 5.32 Å². The fourth-order valence-electron chi connectivity index (χ4n) is 3.78. The lowest BCUT2D eigenvalue weighted by Crippen LogP contribution is -2.14. The Morgan fingerprint density at radius 1 is 0.897 bits per heavy atom. The van der Waals surface area contributed by atoms with E-state index in [1.165, 1.54) is 23.3 Å². The summed E-state index contributed by atoms with van der Waals surface area (Å²) in [7, 11) is 0. The fourth-order valence-corrected chi connectivity index (χ4v) is 3.78. The molecule has 148 valence electrons. The highest BCUT2D eigenvalue weighted by Gasteiger charge is 2.30. The van der Waals surface area contributed by atoms with Crippen molar-refractivity contribution in [2.45, 2.75) is 32.4 Å². The average Bonchev–Trinajstić information content (AvgIpc) is 3.15. The second-order valence-corrected chi connectivity index (χ2v) is 7.42. The van der Waals surface area contributed by atoms with Crippen molar-refractivity contribution in [2.75, 3.05) is 5.32 Å². The standard InChI is InChI=1S/C24H20F3NO/c1-15-5-12-21(17-6-9-19(10-7-17)24(25,26)27)22(13-15)23(29)28-20-11-8-16-3-2-4-18(16)14-20/h5-14H,2-4H2,1H3,(H,28,29). The first-order valence-electron chi connectivity index (χ1n) is 9.53. The topological polar surface area (TPSA) is 29.1 Å². The molecule has 0 saturated carbocycles. The molecule has 0 aromatic heterocycles. The van der Waals surface area contributed by atoms with Gasteiger partial charge in [-0.15, -0.1) is 0 Å². The average molecular weight is 395 g/mol. The highest BCUT2D eigenvalue weighted by molar-refractivity contribution is 6.09. The molecule has 1 N–H and O–H groups in total. The molecular weight excluding hydrogens is 375 g/mol. The molecule has 0 spiro atoms. The molecule has 3 aromatic rings. The Labute approximate surface area is 167 Å². The van der Waals surface area contributed by atoms with Crippen molar-refractivity contribution in [1.29, 1.82) is 0 Å². The molecule has 1 amide bonds. The van der Waals surface area contributed by atoms with Gasteiger partial charge in [-0.3, -0.25) is 4.79 Å². The van der Waals surface area contributed by atoms with Crippen LogP contribution in [-0.2, 0) is 19.0 Å². The molecule has 0 aliphatic heterocycles. The molecule has 0 saturated heterocycles. The summed E-state index contributed by atoms with van der Waals surface area (Å²) in [5.74, 6) is -0.276. The molecule has 0 unspecified atom stereocenters. The lowest BCUT2D eigenvalue weighted by Gasteiger charge is -2.13. The Bertz CT molecular complexity index is 1070. The lowest BCUT2D eigenvalue weighted by atomic mass is 9.96. The molecule has 4 rings (SSSR count). The summed E-state index contributed by atoms with van der Waals surface area (Å²) in [6.07, 6.45) is -1.18. The number of aryl methyl sites for hydroxylation is 3. The van der Waals surface area contributed by atoms with Gasteiger partial charge in [-0.1, -0.05) is 35.9 Å². The van der Waals surface area contributed by atoms with Gasteiger partial charge in [0.05, 0.1) is 5.56 Å². The summed E-state index contributed by atoms with van der Waals surface area (Å²) in [6, 6.07) is 16.2. The maximum absolute atomic E-state index is 13.0. The third-order valence-corrected chi connectivity index (χ3v) is 5.30. The van der Waals surface area contributed by atoms with Gasteiger partial charge < -0.3 is 5.32 Å². The van der Waals surface area contributed by atoms with Crippen molar-refractivity contribution in [1.82, 2.24) is 0 Å². The zero-order chi connectivity index (χ0) is 20.6. The normalized spacial score (nSPS) is 13.2. The smallest absolute Gasteiger partial charge is 0.322 e. The zero-order valence-electron chi connectivity index (χ0n) is 15.9. The van der Waals surface area contributed by atoms with Gasteiger partial charge in [0, 0.05) is 11.3 Å². The third kappa shape index (κ3) is 4.04. The van der Waals surface area contributed by atoms with E-state index in [0.717, 1.165) is 42.6 Å². The first-order chi connectivity index (χ1) is 13.8. The minimum absolute atomic E-state index is 0.276. The summed E-state index contributed by atoms with van der Waals surface area (Å²) in [6.45, 7) is 1.88. The number of carbonyl (C=O) groups is 1. The highest BCUT2D eigenvalue weighted by atomic mass is 19.4. The number of hydrogen-bond acceptors (Lipinski definition) is 1. The number of benzene rings is 3. The summed E-state index contributed by atoms with van der Waals surface area (Å²) < 4.78 is 38.6. The summed E-state index contributed by atoms with van der Waals surface area (Å²) in [5.41, 5.74) is 5.11. The fraction of sp³-hybridized carbons (Fsp3) is 0.208. The van der Waals surface area contributed by atoms with Crippen LogP contribution in [0.1, 0.15) is 39.0 Å². The van der Waals surface area contributed by atoms with E-state index in [1.807, 2.05) is 31.2 Å². The summed E-state index contributed by atoms with van der Waals surface area (Å²) in [4.78, 5) is 13.0. The third-order valence-electron chi connectivity index (χ3n) is 5.30. The number of alkyl halides is 3. The second-order valence-electron chi connectivity index (χ2n) is 7.42. The van der Waals surface area contributed by atoms with Crippen LogP contribution in [0.2, 0.25) is 0 Å². The highest BCUT2D eigenvalue weighted by Crippen LogP contribution is 2.32. The van der Waals surface area contributed by atoms with Crippen LogP contribution in [0.4, 0.5) is 18.9 Å². The lowest BCUT2D eigenvalue weighted by molar-refractivity contribution is -0.137. The van der Waals surface area contributed by atoms with Gasteiger partial charge in [-0.05, 0) is 78.8 Å². The first-order valence-corrected chi connectivity index (χ1v) is 9.53. The Morgan fingerprint density at radius 3 is 2.34 bits per heavy atom. The minimum Gasteiger partial charge on any atom is -0.322 e. The van der Waals surface area contributed by atoms with Gasteiger partial charge in [-0.2, -0.15) is 13.2 Å². The largest absolute Gasteiger partial charge is 0.416 e. The van der Waals surface area contributed by atoms with Crippen LogP contribution in [0.25, 0.3) is 11.1 Å². The van der Waals surface area contributed by atoms with Crippen LogP contribution in [0.3, 0.4) is 0 Å². The predicted molar refractivity (Wildman–Crippen MR) is 108 cm³/mol. The number of halogens is 3.